The lowest BCUT2D eigenvalue weighted by Crippen LogP contribution is -2.27. The Hall–Kier alpha value is -5.42. The van der Waals surface area contributed by atoms with Crippen molar-refractivity contribution in [1.82, 2.24) is 14.2 Å². The van der Waals surface area contributed by atoms with Crippen molar-refractivity contribution in [3.8, 4) is 28.3 Å². The summed E-state index contributed by atoms with van der Waals surface area (Å²) < 4.78 is 61.8. The molecule has 45 heavy (non-hydrogen) atoms. The average molecular weight is 626 g/mol. The fourth-order valence-electron chi connectivity index (χ4n) is 5.13. The van der Waals surface area contributed by atoms with Crippen LogP contribution in [0.25, 0.3) is 22.3 Å². The molecule has 0 radical (unpaired) electrons. The van der Waals surface area contributed by atoms with Crippen LogP contribution in [0.15, 0.2) is 113 Å². The minimum atomic E-state index is -3.44. The predicted octanol–water partition coefficient (Wildman–Crippen LogP) is 6.36. The Kier molecular flexibility index (Phi) is 7.63. The Morgan fingerprint density at radius 1 is 0.911 bits per heavy atom. The van der Waals surface area contributed by atoms with Gasteiger partial charge in [0.15, 0.2) is 32.9 Å². The summed E-state index contributed by atoms with van der Waals surface area (Å²) in [5, 5.41) is 4.29. The first-order chi connectivity index (χ1) is 21.5. The molecule has 0 atom stereocenters. The molecule has 0 fully saturated rings. The van der Waals surface area contributed by atoms with Gasteiger partial charge in [-0.3, -0.25) is 14.2 Å². The zero-order valence-electron chi connectivity index (χ0n) is 24.1. The molecular weight excluding hydrogens is 600 g/mol. The number of fused-ring (bicyclic) bond motifs is 1. The molecule has 0 bridgehead atoms. The number of Topliss-reactive ketones (excluding diaryl/α,β-unsaturated/α-hetero) is 1. The third-order valence-electron chi connectivity index (χ3n) is 7.36. The molecule has 0 unspecified atom stereocenters. The lowest BCUT2D eigenvalue weighted by molar-refractivity contribution is 0.0990. The van der Waals surface area contributed by atoms with Gasteiger partial charge in [0, 0.05) is 42.4 Å². The van der Waals surface area contributed by atoms with Gasteiger partial charge >= 0.3 is 0 Å². The average Bonchev–Trinajstić information content (AvgIpc) is 3.44. The molecule has 0 N–H and O–H groups in total. The molecule has 0 spiro atoms. The van der Waals surface area contributed by atoms with Crippen molar-refractivity contribution in [3.63, 3.8) is 0 Å². The number of halogens is 2. The molecule has 0 aliphatic carbocycles. The molecule has 6 aromatic rings. The summed E-state index contributed by atoms with van der Waals surface area (Å²) in [6.07, 6.45) is 5.59. The third-order valence-corrected chi connectivity index (χ3v) is 8.47. The summed E-state index contributed by atoms with van der Waals surface area (Å²) in [5.41, 5.74) is 2.36. The maximum Gasteiger partial charge on any atom is 0.266 e. The molecule has 3 aromatic carbocycles. The monoisotopic (exact) mass is 625 g/mol. The number of nitrogens with zero attached hydrogens (tertiary/aromatic N) is 3. The van der Waals surface area contributed by atoms with E-state index in [4.69, 9.17) is 4.74 Å². The van der Waals surface area contributed by atoms with Crippen molar-refractivity contribution < 1.29 is 26.7 Å². The summed E-state index contributed by atoms with van der Waals surface area (Å²) in [5.74, 6) is -1.50. The molecule has 226 valence electrons. The van der Waals surface area contributed by atoms with E-state index in [2.05, 4.69) is 5.10 Å². The molecule has 0 aliphatic heterocycles. The van der Waals surface area contributed by atoms with E-state index in [1.807, 2.05) is 0 Å². The molecule has 6 rings (SSSR count). The number of hydrogen-bond donors (Lipinski definition) is 0. The molecule has 0 saturated carbocycles. The van der Waals surface area contributed by atoms with Gasteiger partial charge in [-0.05, 0) is 84.3 Å². The molecule has 8 nitrogen and oxygen atoms in total. The second-order valence-electron chi connectivity index (χ2n) is 10.5. The maximum atomic E-state index is 15.4. The predicted molar refractivity (Wildman–Crippen MR) is 165 cm³/mol. The highest BCUT2D eigenvalue weighted by molar-refractivity contribution is 7.90. The van der Waals surface area contributed by atoms with Gasteiger partial charge in [0.05, 0.1) is 16.7 Å². The number of ether oxygens (including phenoxy) is 1. The van der Waals surface area contributed by atoms with Crippen molar-refractivity contribution in [1.29, 1.82) is 0 Å². The Morgan fingerprint density at radius 2 is 1.69 bits per heavy atom. The van der Waals surface area contributed by atoms with Crippen LogP contribution in [0.4, 0.5) is 8.78 Å². The fourth-order valence-corrected chi connectivity index (χ4v) is 5.79. The van der Waals surface area contributed by atoms with E-state index >= 15 is 4.39 Å². The number of pyridine rings is 1. The highest BCUT2D eigenvalue weighted by Crippen LogP contribution is 2.35. The van der Waals surface area contributed by atoms with Crippen LogP contribution in [0.2, 0.25) is 0 Å². The standard InChI is InChI=1S/C34H25F2N3O5S/c1-21-13-16-38(25-9-7-24(35)8-10-25)34(41)32(21)29(40)19-22-6-11-30(28(36)18-22)44-31-12-15-37-39-17-14-27(33(31)39)23-4-3-5-26(20-23)45(2,42)43/h3-18,20H,19H2,1-2H3. The summed E-state index contributed by atoms with van der Waals surface area (Å²) in [6.45, 7) is 1.64. The van der Waals surface area contributed by atoms with Gasteiger partial charge in [0.25, 0.3) is 5.56 Å². The van der Waals surface area contributed by atoms with Gasteiger partial charge in [-0.1, -0.05) is 18.2 Å². The Balaban J connectivity index is 1.28. The van der Waals surface area contributed by atoms with Crippen LogP contribution in [0.5, 0.6) is 11.5 Å². The first-order valence-electron chi connectivity index (χ1n) is 13.7. The molecule has 3 heterocycles. The topological polar surface area (TPSA) is 99.7 Å². The molecule has 0 amide bonds. The molecule has 0 saturated heterocycles. The van der Waals surface area contributed by atoms with E-state index in [-0.39, 0.29) is 28.4 Å². The van der Waals surface area contributed by atoms with Crippen molar-refractivity contribution in [3.05, 3.63) is 142 Å². The summed E-state index contributed by atoms with van der Waals surface area (Å²) >= 11 is 0. The van der Waals surface area contributed by atoms with E-state index in [1.54, 1.807) is 60.1 Å². The minimum Gasteiger partial charge on any atom is -0.452 e. The van der Waals surface area contributed by atoms with Crippen LogP contribution in [-0.4, -0.2) is 34.6 Å². The molecule has 11 heteroatoms. The first-order valence-corrected chi connectivity index (χ1v) is 15.6. The lowest BCUT2D eigenvalue weighted by atomic mass is 10.0. The molecule has 0 aliphatic rings. The molecule has 3 aromatic heterocycles. The van der Waals surface area contributed by atoms with Crippen molar-refractivity contribution in [2.45, 2.75) is 18.2 Å². The van der Waals surface area contributed by atoms with Crippen molar-refractivity contribution >= 4 is 21.1 Å². The first kappa shape index (κ1) is 29.6. The summed E-state index contributed by atoms with van der Waals surface area (Å²) in [6, 6.07) is 20.9. The SMILES string of the molecule is Cc1ccn(-c2ccc(F)cc2)c(=O)c1C(=O)Cc1ccc(Oc2ccnn3ccc(-c4cccc(S(C)(=O)=O)c4)c23)c(F)c1. The van der Waals surface area contributed by atoms with Gasteiger partial charge in [-0.25, -0.2) is 21.7 Å². The number of ketones is 1. The number of hydrogen-bond acceptors (Lipinski definition) is 6. The number of aromatic nitrogens is 3. The van der Waals surface area contributed by atoms with Crippen LogP contribution in [-0.2, 0) is 16.3 Å². The third kappa shape index (κ3) is 5.89. The Labute approximate surface area is 256 Å². The fraction of sp³-hybridized carbons (Fsp3) is 0.0882. The van der Waals surface area contributed by atoms with Crippen LogP contribution in [0, 0.1) is 18.6 Å². The Morgan fingerprint density at radius 3 is 2.42 bits per heavy atom. The maximum absolute atomic E-state index is 15.4. The molecular formula is C34H25F2N3O5S. The van der Waals surface area contributed by atoms with E-state index in [0.717, 1.165) is 6.26 Å². The smallest absolute Gasteiger partial charge is 0.266 e. The van der Waals surface area contributed by atoms with Crippen molar-refractivity contribution in [2.24, 2.45) is 0 Å². The van der Waals surface area contributed by atoms with Crippen LogP contribution in [0.3, 0.4) is 0 Å². The van der Waals surface area contributed by atoms with E-state index < -0.39 is 32.8 Å². The zero-order chi connectivity index (χ0) is 31.9. The van der Waals surface area contributed by atoms with Crippen LogP contribution in [0.1, 0.15) is 21.5 Å². The van der Waals surface area contributed by atoms with Gasteiger partial charge in [0.2, 0.25) is 0 Å². The number of carbonyl (C=O) groups excluding carboxylic acids is 1. The largest absolute Gasteiger partial charge is 0.452 e. The van der Waals surface area contributed by atoms with Gasteiger partial charge < -0.3 is 4.74 Å². The summed E-state index contributed by atoms with van der Waals surface area (Å²) in [4.78, 5) is 26.7. The lowest BCUT2D eigenvalue weighted by Gasteiger charge is -2.12. The second-order valence-corrected chi connectivity index (χ2v) is 12.5. The van der Waals surface area contributed by atoms with Crippen LogP contribution >= 0.6 is 0 Å². The number of benzene rings is 3. The van der Waals surface area contributed by atoms with E-state index in [9.17, 15) is 22.4 Å². The zero-order valence-corrected chi connectivity index (χ0v) is 24.9. The number of carbonyl (C=O) groups is 1. The van der Waals surface area contributed by atoms with Gasteiger partial charge in [-0.2, -0.15) is 5.10 Å². The van der Waals surface area contributed by atoms with E-state index in [0.29, 0.717) is 33.5 Å². The van der Waals surface area contributed by atoms with Gasteiger partial charge in [0.1, 0.15) is 11.3 Å². The normalized spacial score (nSPS) is 11.6. The number of aryl methyl sites for hydroxylation is 1. The van der Waals surface area contributed by atoms with E-state index in [1.165, 1.54) is 59.4 Å². The van der Waals surface area contributed by atoms with Crippen molar-refractivity contribution in [2.75, 3.05) is 6.26 Å². The highest BCUT2D eigenvalue weighted by Gasteiger charge is 2.19. The highest BCUT2D eigenvalue weighted by atomic mass is 32.2. The Bertz CT molecular complexity index is 2280. The van der Waals surface area contributed by atoms with Gasteiger partial charge in [-0.15, -0.1) is 0 Å². The van der Waals surface area contributed by atoms with Crippen LogP contribution < -0.4 is 10.3 Å². The second kappa shape index (κ2) is 11.6. The minimum absolute atomic E-state index is 0.0394. The summed E-state index contributed by atoms with van der Waals surface area (Å²) in [7, 11) is -3.44. The number of sulfone groups is 1. The number of rotatable bonds is 8. The quantitative estimate of drug-likeness (QED) is 0.183.